The van der Waals surface area contributed by atoms with E-state index in [0.717, 1.165) is 54.1 Å². The zero-order chi connectivity index (χ0) is 27.6. The molecular weight excluding hydrogens is 476 g/mol. The van der Waals surface area contributed by atoms with Gasteiger partial charge in [0, 0.05) is 36.5 Å². The molecule has 0 saturated carbocycles. The van der Waals surface area contributed by atoms with Crippen LogP contribution in [0.2, 0.25) is 0 Å². The maximum absolute atomic E-state index is 12.9. The number of benzene rings is 2. The Bertz CT molecular complexity index is 1570. The zero-order valence-corrected chi connectivity index (χ0v) is 23.6. The fourth-order valence-corrected chi connectivity index (χ4v) is 4.97. The van der Waals surface area contributed by atoms with Crippen molar-refractivity contribution in [3.8, 4) is 17.1 Å². The summed E-state index contributed by atoms with van der Waals surface area (Å²) in [5.74, 6) is 1.27. The monoisotopic (exact) mass is 515 g/mol. The van der Waals surface area contributed by atoms with Crippen molar-refractivity contribution in [3.63, 3.8) is 0 Å². The van der Waals surface area contributed by atoms with Crippen molar-refractivity contribution in [1.29, 1.82) is 0 Å². The van der Waals surface area contributed by atoms with Gasteiger partial charge in [-0.05, 0) is 75.1 Å². The molecule has 1 aliphatic heterocycles. The molecule has 0 amide bonds. The van der Waals surface area contributed by atoms with E-state index < -0.39 is 5.63 Å². The summed E-state index contributed by atoms with van der Waals surface area (Å²) in [7, 11) is 0. The second kappa shape index (κ2) is 10.9. The van der Waals surface area contributed by atoms with E-state index >= 15 is 0 Å². The first kappa shape index (κ1) is 27.2. The molecule has 1 aromatic heterocycles. The van der Waals surface area contributed by atoms with Crippen molar-refractivity contribution in [1.82, 2.24) is 4.58 Å². The molecule has 6 heteroatoms. The lowest BCUT2D eigenvalue weighted by atomic mass is 9.83. The number of hydrogen-bond donors (Lipinski definition) is 1. The molecule has 200 valence electrons. The van der Waals surface area contributed by atoms with Gasteiger partial charge in [-0.2, -0.15) is 0 Å². The van der Waals surface area contributed by atoms with Gasteiger partial charge in [0.1, 0.15) is 41.5 Å². The number of aromatic hydroxyl groups is 1. The fourth-order valence-electron chi connectivity index (χ4n) is 4.97. The van der Waals surface area contributed by atoms with Crippen molar-refractivity contribution >= 4 is 28.8 Å². The van der Waals surface area contributed by atoms with E-state index in [2.05, 4.69) is 76.1 Å². The average molecular weight is 516 g/mol. The maximum Gasteiger partial charge on any atom is 0.347 e. The molecule has 1 aliphatic carbocycles. The van der Waals surface area contributed by atoms with Crippen LogP contribution in [0, 0.1) is 0 Å². The van der Waals surface area contributed by atoms with E-state index in [9.17, 15) is 9.90 Å². The van der Waals surface area contributed by atoms with Crippen LogP contribution >= 0.6 is 0 Å². The summed E-state index contributed by atoms with van der Waals surface area (Å²) in [6, 6.07) is 13.9. The smallest absolute Gasteiger partial charge is 0.347 e. The molecule has 0 spiro atoms. The SMILES string of the molecule is CCN(CC)c1ccc2c(O)c(/C=C/c3cc(C(C)(C)C)c4ccc(=[N+](CC)CC)cc-4o3)c(=O)oc2c1. The Morgan fingerprint density at radius 3 is 2.26 bits per heavy atom. The second-order valence-corrected chi connectivity index (χ2v) is 10.5. The van der Waals surface area contributed by atoms with Gasteiger partial charge in [-0.25, -0.2) is 9.37 Å². The summed E-state index contributed by atoms with van der Waals surface area (Å²) in [6.07, 6.45) is 3.30. The second-order valence-electron chi connectivity index (χ2n) is 10.5. The quantitative estimate of drug-likeness (QED) is 0.230. The molecular formula is C32H39N2O4+. The summed E-state index contributed by atoms with van der Waals surface area (Å²) in [5, 5.41) is 12.6. The van der Waals surface area contributed by atoms with Crippen LogP contribution in [-0.4, -0.2) is 31.3 Å². The molecule has 0 unspecified atom stereocenters. The summed E-state index contributed by atoms with van der Waals surface area (Å²) in [6.45, 7) is 18.4. The molecule has 2 aromatic rings. The number of nitrogens with zero attached hydrogens (tertiary/aromatic N) is 2. The van der Waals surface area contributed by atoms with Crippen LogP contribution in [0.1, 0.15) is 65.4 Å². The molecule has 0 bridgehead atoms. The van der Waals surface area contributed by atoms with Gasteiger partial charge in [0.15, 0.2) is 0 Å². The lowest BCUT2D eigenvalue weighted by Crippen LogP contribution is -2.29. The van der Waals surface area contributed by atoms with Crippen LogP contribution in [0.5, 0.6) is 5.75 Å². The van der Waals surface area contributed by atoms with Gasteiger partial charge >= 0.3 is 5.63 Å². The molecule has 4 rings (SSSR count). The Morgan fingerprint density at radius 2 is 1.63 bits per heavy atom. The molecule has 2 heterocycles. The van der Waals surface area contributed by atoms with Crippen LogP contribution in [0.25, 0.3) is 34.4 Å². The van der Waals surface area contributed by atoms with Crippen LogP contribution in [0.15, 0.2) is 56.1 Å². The number of anilines is 1. The van der Waals surface area contributed by atoms with Crippen molar-refractivity contribution in [3.05, 3.63) is 75.1 Å². The Balaban J connectivity index is 1.84. The molecule has 1 aromatic carbocycles. The average Bonchev–Trinajstić information content (AvgIpc) is 2.88. The standard InChI is InChI=1S/C32H38N2O4/c1-8-33(9-2)21-12-15-24-27(32(5,6)7)20-23(37-28(24)18-21)14-17-26-30(35)25-16-13-22(34(10-3)11-4)19-29(25)38-31(26)36/h12-20H,8-11H2,1-7H3/p+1. The summed E-state index contributed by atoms with van der Waals surface area (Å²) >= 11 is 0. The summed E-state index contributed by atoms with van der Waals surface area (Å²) < 4.78 is 14.2. The zero-order valence-electron chi connectivity index (χ0n) is 23.6. The highest BCUT2D eigenvalue weighted by molar-refractivity contribution is 5.90. The van der Waals surface area contributed by atoms with E-state index in [1.54, 1.807) is 24.3 Å². The lowest BCUT2D eigenvalue weighted by molar-refractivity contribution is 0.466. The van der Waals surface area contributed by atoms with Crippen molar-refractivity contribution in [2.24, 2.45) is 0 Å². The Labute approximate surface area is 224 Å². The Hall–Kier alpha value is -3.80. The van der Waals surface area contributed by atoms with Crippen LogP contribution in [0.3, 0.4) is 0 Å². The van der Waals surface area contributed by atoms with E-state index in [1.807, 2.05) is 12.1 Å². The van der Waals surface area contributed by atoms with Crippen LogP contribution < -0.4 is 20.5 Å². The van der Waals surface area contributed by atoms with Crippen molar-refractivity contribution in [2.75, 3.05) is 31.1 Å². The van der Waals surface area contributed by atoms with E-state index in [1.165, 1.54) is 0 Å². The maximum atomic E-state index is 12.9. The van der Waals surface area contributed by atoms with Gasteiger partial charge < -0.3 is 18.8 Å². The minimum absolute atomic E-state index is 0.0950. The van der Waals surface area contributed by atoms with Crippen molar-refractivity contribution in [2.45, 2.75) is 53.9 Å². The third-order valence-corrected chi connectivity index (χ3v) is 7.15. The number of fused-ring (bicyclic) bond motifs is 2. The van der Waals surface area contributed by atoms with E-state index in [-0.39, 0.29) is 16.7 Å². The molecule has 0 saturated heterocycles. The van der Waals surface area contributed by atoms with Gasteiger partial charge in [-0.15, -0.1) is 0 Å². The first-order valence-electron chi connectivity index (χ1n) is 13.5. The first-order chi connectivity index (χ1) is 18.1. The molecule has 0 fully saturated rings. The molecule has 0 atom stereocenters. The van der Waals surface area contributed by atoms with Crippen LogP contribution in [-0.2, 0) is 5.41 Å². The summed E-state index contributed by atoms with van der Waals surface area (Å²) in [5.41, 5.74) is 2.89. The minimum atomic E-state index is -0.594. The minimum Gasteiger partial charge on any atom is -0.506 e. The molecule has 1 N–H and O–H groups in total. The molecule has 6 nitrogen and oxygen atoms in total. The third kappa shape index (κ3) is 5.26. The number of rotatable bonds is 7. The largest absolute Gasteiger partial charge is 0.506 e. The van der Waals surface area contributed by atoms with Gasteiger partial charge in [0.05, 0.1) is 11.5 Å². The Morgan fingerprint density at radius 1 is 0.921 bits per heavy atom. The van der Waals surface area contributed by atoms with E-state index in [0.29, 0.717) is 16.7 Å². The summed E-state index contributed by atoms with van der Waals surface area (Å²) in [4.78, 5) is 15.0. The molecule has 2 aliphatic rings. The Kier molecular flexibility index (Phi) is 7.81. The van der Waals surface area contributed by atoms with Gasteiger partial charge in [0.25, 0.3) is 0 Å². The van der Waals surface area contributed by atoms with Crippen LogP contribution in [0.4, 0.5) is 5.69 Å². The fraction of sp³-hybridized carbons (Fsp3) is 0.375. The predicted octanol–water partition coefficient (Wildman–Crippen LogP) is 6.32. The highest BCUT2D eigenvalue weighted by atomic mass is 16.4. The van der Waals surface area contributed by atoms with Gasteiger partial charge in [-0.1, -0.05) is 20.8 Å². The molecule has 38 heavy (non-hydrogen) atoms. The topological polar surface area (TPSA) is 69.8 Å². The van der Waals surface area contributed by atoms with Crippen molar-refractivity contribution < 1.29 is 13.9 Å². The third-order valence-electron chi connectivity index (χ3n) is 7.15. The number of hydrogen-bond acceptors (Lipinski definition) is 5. The first-order valence-corrected chi connectivity index (χ1v) is 13.5. The van der Waals surface area contributed by atoms with Gasteiger partial charge in [-0.3, -0.25) is 0 Å². The lowest BCUT2D eigenvalue weighted by Gasteiger charge is -2.24. The van der Waals surface area contributed by atoms with Gasteiger partial charge in [0.2, 0.25) is 5.36 Å². The van der Waals surface area contributed by atoms with E-state index in [4.69, 9.17) is 8.83 Å². The molecule has 0 radical (unpaired) electrons. The highest BCUT2D eigenvalue weighted by Crippen LogP contribution is 2.36. The highest BCUT2D eigenvalue weighted by Gasteiger charge is 2.23. The normalized spacial score (nSPS) is 12.1. The predicted molar refractivity (Wildman–Crippen MR) is 157 cm³/mol.